The summed E-state index contributed by atoms with van der Waals surface area (Å²) < 4.78 is 3.08. The highest BCUT2D eigenvalue weighted by Gasteiger charge is 2.19. The van der Waals surface area contributed by atoms with Crippen molar-refractivity contribution in [3.63, 3.8) is 0 Å². The van der Waals surface area contributed by atoms with E-state index in [4.69, 9.17) is 0 Å². The third kappa shape index (κ3) is 2.40. The normalized spacial score (nSPS) is 10.4. The van der Waals surface area contributed by atoms with Crippen molar-refractivity contribution in [2.75, 3.05) is 12.4 Å². The maximum absolute atomic E-state index is 12.2. The standard InChI is InChI=1S/C12H16N6O2/c1-7-8(5-14-18(7)4)11(19)15-9-6-17(3)16-10(9)12(20)13-2/h5-6H,1-4H3,(H,13,20)(H,15,19). The van der Waals surface area contributed by atoms with Crippen molar-refractivity contribution in [3.8, 4) is 0 Å². The summed E-state index contributed by atoms with van der Waals surface area (Å²) in [7, 11) is 4.94. The number of anilines is 1. The van der Waals surface area contributed by atoms with Gasteiger partial charge in [-0.1, -0.05) is 0 Å². The van der Waals surface area contributed by atoms with E-state index >= 15 is 0 Å². The monoisotopic (exact) mass is 276 g/mol. The molecule has 2 N–H and O–H groups in total. The molecule has 0 unspecified atom stereocenters. The van der Waals surface area contributed by atoms with Crippen molar-refractivity contribution in [1.29, 1.82) is 0 Å². The number of aryl methyl sites for hydroxylation is 2. The highest BCUT2D eigenvalue weighted by Crippen LogP contribution is 2.15. The Morgan fingerprint density at radius 3 is 2.50 bits per heavy atom. The number of hydrogen-bond acceptors (Lipinski definition) is 4. The molecule has 8 nitrogen and oxygen atoms in total. The van der Waals surface area contributed by atoms with E-state index in [0.717, 1.165) is 5.69 Å². The lowest BCUT2D eigenvalue weighted by Gasteiger charge is -2.04. The van der Waals surface area contributed by atoms with Crippen LogP contribution in [0.4, 0.5) is 5.69 Å². The second-order valence-corrected chi connectivity index (χ2v) is 4.37. The van der Waals surface area contributed by atoms with Crippen LogP contribution in [0.3, 0.4) is 0 Å². The van der Waals surface area contributed by atoms with Gasteiger partial charge in [0.25, 0.3) is 11.8 Å². The van der Waals surface area contributed by atoms with E-state index in [1.165, 1.54) is 17.9 Å². The molecule has 0 atom stereocenters. The molecule has 0 saturated carbocycles. The lowest BCUT2D eigenvalue weighted by Crippen LogP contribution is -2.21. The topological polar surface area (TPSA) is 93.8 Å². The Morgan fingerprint density at radius 2 is 1.95 bits per heavy atom. The molecule has 0 radical (unpaired) electrons. The quantitative estimate of drug-likeness (QED) is 0.829. The molecule has 2 amide bonds. The zero-order valence-electron chi connectivity index (χ0n) is 11.8. The average molecular weight is 276 g/mol. The van der Waals surface area contributed by atoms with Gasteiger partial charge < -0.3 is 10.6 Å². The van der Waals surface area contributed by atoms with E-state index in [-0.39, 0.29) is 17.5 Å². The number of amides is 2. The molecule has 0 fully saturated rings. The van der Waals surface area contributed by atoms with Gasteiger partial charge in [0.15, 0.2) is 5.69 Å². The van der Waals surface area contributed by atoms with Crippen LogP contribution in [0.25, 0.3) is 0 Å². The van der Waals surface area contributed by atoms with Crippen molar-refractivity contribution in [3.05, 3.63) is 29.3 Å². The van der Waals surface area contributed by atoms with E-state index in [1.807, 2.05) is 0 Å². The van der Waals surface area contributed by atoms with Crippen molar-refractivity contribution < 1.29 is 9.59 Å². The Morgan fingerprint density at radius 1 is 1.25 bits per heavy atom. The van der Waals surface area contributed by atoms with Crippen LogP contribution in [0.15, 0.2) is 12.4 Å². The van der Waals surface area contributed by atoms with Crippen molar-refractivity contribution in [2.45, 2.75) is 6.92 Å². The maximum atomic E-state index is 12.2. The minimum Gasteiger partial charge on any atom is -0.354 e. The van der Waals surface area contributed by atoms with Crippen LogP contribution in [-0.2, 0) is 14.1 Å². The summed E-state index contributed by atoms with van der Waals surface area (Å²) in [4.78, 5) is 23.9. The lowest BCUT2D eigenvalue weighted by molar-refractivity contribution is 0.0958. The van der Waals surface area contributed by atoms with Gasteiger partial charge in [-0.05, 0) is 6.92 Å². The van der Waals surface area contributed by atoms with Crippen LogP contribution < -0.4 is 10.6 Å². The highest BCUT2D eigenvalue weighted by atomic mass is 16.2. The fourth-order valence-corrected chi connectivity index (χ4v) is 1.78. The SMILES string of the molecule is CNC(=O)c1nn(C)cc1NC(=O)c1cnn(C)c1C. The molecule has 0 aromatic carbocycles. The van der Waals surface area contributed by atoms with Gasteiger partial charge in [0.05, 0.1) is 17.4 Å². The number of nitrogens with zero attached hydrogens (tertiary/aromatic N) is 4. The smallest absolute Gasteiger partial charge is 0.273 e. The Hall–Kier alpha value is -2.64. The Labute approximate surface area is 115 Å². The molecule has 8 heteroatoms. The lowest BCUT2D eigenvalue weighted by atomic mass is 10.2. The number of hydrogen-bond donors (Lipinski definition) is 2. The molecule has 0 saturated heterocycles. The molecule has 0 aliphatic carbocycles. The average Bonchev–Trinajstić information content (AvgIpc) is 2.93. The molecule has 0 aliphatic heterocycles. The number of carbonyl (C=O) groups is 2. The van der Waals surface area contributed by atoms with Crippen LogP contribution in [0, 0.1) is 6.92 Å². The van der Waals surface area contributed by atoms with Crippen molar-refractivity contribution in [1.82, 2.24) is 24.9 Å². The van der Waals surface area contributed by atoms with Crippen LogP contribution in [0.5, 0.6) is 0 Å². The van der Waals surface area contributed by atoms with Gasteiger partial charge in [0, 0.05) is 33.0 Å². The van der Waals surface area contributed by atoms with E-state index in [1.54, 1.807) is 31.9 Å². The van der Waals surface area contributed by atoms with Crippen LogP contribution in [-0.4, -0.2) is 38.4 Å². The molecule has 106 valence electrons. The molecule has 2 rings (SSSR count). The summed E-state index contributed by atoms with van der Waals surface area (Å²) in [6.07, 6.45) is 3.06. The molecule has 0 aliphatic rings. The number of aromatic nitrogens is 4. The first-order chi connectivity index (χ1) is 9.43. The zero-order chi connectivity index (χ0) is 14.9. The van der Waals surface area contributed by atoms with E-state index in [9.17, 15) is 9.59 Å². The first-order valence-corrected chi connectivity index (χ1v) is 5.99. The largest absolute Gasteiger partial charge is 0.354 e. The number of carbonyl (C=O) groups excluding carboxylic acids is 2. The highest BCUT2D eigenvalue weighted by molar-refractivity contribution is 6.08. The van der Waals surface area contributed by atoms with Crippen molar-refractivity contribution >= 4 is 17.5 Å². The summed E-state index contributed by atoms with van der Waals surface area (Å²) >= 11 is 0. The van der Waals surface area contributed by atoms with Gasteiger partial charge in [-0.25, -0.2) is 0 Å². The summed E-state index contributed by atoms with van der Waals surface area (Å²) in [6.45, 7) is 1.80. The van der Waals surface area contributed by atoms with Gasteiger partial charge in [-0.2, -0.15) is 10.2 Å². The van der Waals surface area contributed by atoms with E-state index in [2.05, 4.69) is 20.8 Å². The summed E-state index contributed by atoms with van der Waals surface area (Å²) in [5, 5.41) is 13.2. The molecule has 0 spiro atoms. The second-order valence-electron chi connectivity index (χ2n) is 4.37. The fourth-order valence-electron chi connectivity index (χ4n) is 1.78. The van der Waals surface area contributed by atoms with Crippen LogP contribution >= 0.6 is 0 Å². The molecular formula is C12H16N6O2. The van der Waals surface area contributed by atoms with Crippen molar-refractivity contribution in [2.24, 2.45) is 14.1 Å². The van der Waals surface area contributed by atoms with Gasteiger partial charge >= 0.3 is 0 Å². The Balaban J connectivity index is 2.28. The van der Waals surface area contributed by atoms with Gasteiger partial charge in [0.1, 0.15) is 0 Å². The molecule has 2 aromatic heterocycles. The maximum Gasteiger partial charge on any atom is 0.273 e. The number of nitrogens with one attached hydrogen (secondary N) is 2. The minimum absolute atomic E-state index is 0.171. The summed E-state index contributed by atoms with van der Waals surface area (Å²) in [6, 6.07) is 0. The first-order valence-electron chi connectivity index (χ1n) is 5.99. The van der Waals surface area contributed by atoms with Gasteiger partial charge in [-0.15, -0.1) is 0 Å². The first kappa shape index (κ1) is 13.8. The Bertz CT molecular complexity index is 670. The molecular weight excluding hydrogens is 260 g/mol. The van der Waals surface area contributed by atoms with E-state index in [0.29, 0.717) is 11.3 Å². The summed E-state index contributed by atoms with van der Waals surface area (Å²) in [5.41, 5.74) is 1.73. The number of rotatable bonds is 3. The molecule has 0 bridgehead atoms. The summed E-state index contributed by atoms with van der Waals surface area (Å²) in [5.74, 6) is -0.683. The van der Waals surface area contributed by atoms with E-state index < -0.39 is 0 Å². The zero-order valence-corrected chi connectivity index (χ0v) is 11.8. The third-order valence-electron chi connectivity index (χ3n) is 3.00. The predicted octanol–water partition coefficient (Wildman–Crippen LogP) is 0.0739. The Kier molecular flexibility index (Phi) is 3.55. The minimum atomic E-state index is -0.358. The second kappa shape index (κ2) is 5.16. The van der Waals surface area contributed by atoms with Gasteiger partial charge in [0.2, 0.25) is 0 Å². The molecule has 2 aromatic rings. The van der Waals surface area contributed by atoms with Crippen LogP contribution in [0.1, 0.15) is 26.5 Å². The molecule has 20 heavy (non-hydrogen) atoms. The van der Waals surface area contributed by atoms with Crippen LogP contribution in [0.2, 0.25) is 0 Å². The third-order valence-corrected chi connectivity index (χ3v) is 3.00. The van der Waals surface area contributed by atoms with Gasteiger partial charge in [-0.3, -0.25) is 19.0 Å². The predicted molar refractivity (Wildman–Crippen MR) is 72.5 cm³/mol. The fraction of sp³-hybridized carbons (Fsp3) is 0.333. The molecule has 2 heterocycles.